The number of nitrogens with one attached hydrogen (secondary N) is 1. The molecule has 0 radical (unpaired) electrons. The van der Waals surface area contributed by atoms with E-state index in [-0.39, 0.29) is 17.3 Å². The minimum Gasteiger partial charge on any atom is -0.760 e. The molecule has 0 amide bonds. The number of anilines is 1. The van der Waals surface area contributed by atoms with Crippen LogP contribution in [-0.4, -0.2) is 40.5 Å². The molecule has 164 valence electrons. The lowest BCUT2D eigenvalue weighted by atomic mass is 10.0. The van der Waals surface area contributed by atoms with E-state index >= 15 is 0 Å². The molecule has 0 bridgehead atoms. The third kappa shape index (κ3) is 4.51. The van der Waals surface area contributed by atoms with Crippen LogP contribution in [0, 0.1) is 11.6 Å². The molecule has 3 N–H and O–H groups in total. The molecule has 9 nitrogen and oxygen atoms in total. The maximum atomic E-state index is 14.3. The number of nitrogen functional groups attached to an aromatic ring is 1. The van der Waals surface area contributed by atoms with Gasteiger partial charge in [-0.2, -0.15) is 4.68 Å². The summed E-state index contributed by atoms with van der Waals surface area (Å²) in [5, 5.41) is 11.3. The lowest BCUT2D eigenvalue weighted by Gasteiger charge is -2.10. The van der Waals surface area contributed by atoms with Crippen molar-refractivity contribution in [2.24, 2.45) is 0 Å². The maximum Gasteiger partial charge on any atom is 0.190 e. The minimum absolute atomic E-state index is 0.106. The summed E-state index contributed by atoms with van der Waals surface area (Å²) in [6.07, 6.45) is 2.11. The summed E-state index contributed by atoms with van der Waals surface area (Å²) >= 11 is -2.29. The van der Waals surface area contributed by atoms with E-state index in [1.54, 1.807) is 12.3 Å². The van der Waals surface area contributed by atoms with Crippen LogP contribution >= 0.6 is 0 Å². The molecule has 0 saturated carbocycles. The van der Waals surface area contributed by atoms with Crippen LogP contribution in [0.3, 0.4) is 0 Å². The van der Waals surface area contributed by atoms with Gasteiger partial charge in [-0.25, -0.2) is 18.5 Å². The number of pyridine rings is 1. The van der Waals surface area contributed by atoms with Crippen LogP contribution in [0.5, 0.6) is 0 Å². The van der Waals surface area contributed by atoms with Crippen LogP contribution in [-0.2, 0) is 17.7 Å². The molecule has 1 atom stereocenters. The standard InChI is InChI=1S/C20H17F2N7O2S/c21-16-2-1-3-17(18(16)22)29-20(26-27-28-29)15-10-14(11-24-19(15)23)13-6-4-12(5-7-13)8-9-25-32(30)31/h1-7,10-11,25H,8-9H2,(H2,23,24)(H,30,31)/p-1. The number of benzene rings is 2. The predicted molar refractivity (Wildman–Crippen MR) is 113 cm³/mol. The largest absolute Gasteiger partial charge is 0.760 e. The van der Waals surface area contributed by atoms with Gasteiger partial charge in [0.1, 0.15) is 11.5 Å². The summed E-state index contributed by atoms with van der Waals surface area (Å²) in [5.74, 6) is -1.89. The second-order valence-electron chi connectivity index (χ2n) is 6.72. The van der Waals surface area contributed by atoms with Gasteiger partial charge in [-0.1, -0.05) is 30.3 Å². The van der Waals surface area contributed by atoms with E-state index in [1.807, 2.05) is 24.3 Å². The summed E-state index contributed by atoms with van der Waals surface area (Å²) in [7, 11) is 0. The fourth-order valence-corrected chi connectivity index (χ4v) is 3.40. The molecule has 1 unspecified atom stereocenters. The van der Waals surface area contributed by atoms with Gasteiger partial charge in [0.15, 0.2) is 17.5 Å². The monoisotopic (exact) mass is 456 g/mol. The first kappa shape index (κ1) is 21.6. The second kappa shape index (κ2) is 9.26. The predicted octanol–water partition coefficient (Wildman–Crippen LogP) is 2.18. The zero-order valence-corrected chi connectivity index (χ0v) is 17.2. The first-order valence-electron chi connectivity index (χ1n) is 9.35. The Hall–Kier alpha value is -3.61. The van der Waals surface area contributed by atoms with Crippen LogP contribution in [0.2, 0.25) is 0 Å². The number of hydrogen-bond donors (Lipinski definition) is 2. The Morgan fingerprint density at radius 2 is 1.91 bits per heavy atom. The molecular formula is C20H16F2N7O2S-. The first-order valence-corrected chi connectivity index (χ1v) is 10.4. The molecule has 2 heterocycles. The molecule has 32 heavy (non-hydrogen) atoms. The Labute approximate surface area is 183 Å². The molecule has 2 aromatic carbocycles. The number of halogens is 2. The molecule has 4 rings (SSSR count). The summed E-state index contributed by atoms with van der Waals surface area (Å²) in [6.45, 7) is 0.294. The molecule has 4 aromatic rings. The van der Waals surface area contributed by atoms with Gasteiger partial charge in [0, 0.05) is 29.6 Å². The average molecular weight is 456 g/mol. The topological polar surface area (TPSA) is 135 Å². The van der Waals surface area contributed by atoms with Crippen LogP contribution in [0.15, 0.2) is 54.7 Å². The third-order valence-corrected chi connectivity index (χ3v) is 5.15. The Morgan fingerprint density at radius 3 is 2.66 bits per heavy atom. The summed E-state index contributed by atoms with van der Waals surface area (Å²) in [6, 6.07) is 12.9. The smallest absolute Gasteiger partial charge is 0.190 e. The van der Waals surface area contributed by atoms with Crippen LogP contribution in [0.1, 0.15) is 5.56 Å². The van der Waals surface area contributed by atoms with E-state index in [0.29, 0.717) is 24.1 Å². The Morgan fingerprint density at radius 1 is 1.12 bits per heavy atom. The molecule has 0 aliphatic carbocycles. The van der Waals surface area contributed by atoms with Crippen molar-refractivity contribution in [3.8, 4) is 28.2 Å². The van der Waals surface area contributed by atoms with Crippen LogP contribution in [0.4, 0.5) is 14.6 Å². The Balaban J connectivity index is 1.66. The van der Waals surface area contributed by atoms with Crippen molar-refractivity contribution in [3.63, 3.8) is 0 Å². The summed E-state index contributed by atoms with van der Waals surface area (Å²) < 4.78 is 52.5. The van der Waals surface area contributed by atoms with Gasteiger partial charge >= 0.3 is 0 Å². The number of nitrogens with two attached hydrogens (primary N) is 1. The highest BCUT2D eigenvalue weighted by molar-refractivity contribution is 7.77. The van der Waals surface area contributed by atoms with E-state index in [0.717, 1.165) is 21.9 Å². The van der Waals surface area contributed by atoms with E-state index in [1.165, 1.54) is 12.1 Å². The molecule has 0 saturated heterocycles. The van der Waals surface area contributed by atoms with Crippen molar-refractivity contribution in [3.05, 3.63) is 71.9 Å². The average Bonchev–Trinajstić information content (AvgIpc) is 3.26. The molecule has 0 aliphatic heterocycles. The summed E-state index contributed by atoms with van der Waals surface area (Å²) in [5.41, 5.74) is 8.69. The lowest BCUT2D eigenvalue weighted by Crippen LogP contribution is -2.19. The van der Waals surface area contributed by atoms with Gasteiger partial charge in [0.25, 0.3) is 0 Å². The molecular weight excluding hydrogens is 440 g/mol. The van der Waals surface area contributed by atoms with Gasteiger partial charge < -0.3 is 10.3 Å². The molecule has 12 heteroatoms. The van der Waals surface area contributed by atoms with Gasteiger partial charge in [0.2, 0.25) is 0 Å². The highest BCUT2D eigenvalue weighted by Gasteiger charge is 2.19. The zero-order chi connectivity index (χ0) is 22.7. The molecule has 0 aliphatic rings. The minimum atomic E-state index is -2.29. The SMILES string of the molecule is Nc1ncc(-c2ccc(CCNS(=O)[O-])cc2)cc1-c1nnnn1-c1cccc(F)c1F. The third-order valence-electron chi connectivity index (χ3n) is 4.71. The first-order chi connectivity index (χ1) is 15.4. The van der Waals surface area contributed by atoms with Crippen LogP contribution in [0.25, 0.3) is 28.2 Å². The van der Waals surface area contributed by atoms with E-state index in [4.69, 9.17) is 5.73 Å². The quantitative estimate of drug-likeness (QED) is 0.407. The van der Waals surface area contributed by atoms with Gasteiger partial charge in [-0.3, -0.25) is 4.21 Å². The highest BCUT2D eigenvalue weighted by Crippen LogP contribution is 2.30. The number of rotatable bonds is 7. The maximum absolute atomic E-state index is 14.3. The second-order valence-corrected chi connectivity index (χ2v) is 7.48. The number of hydrogen-bond acceptors (Lipinski definition) is 7. The molecule has 2 aromatic heterocycles. The van der Waals surface area contributed by atoms with Gasteiger partial charge in [-0.15, -0.1) is 5.10 Å². The van der Waals surface area contributed by atoms with Crippen molar-refractivity contribution < 1.29 is 17.5 Å². The number of nitrogens with zero attached hydrogens (tertiary/aromatic N) is 5. The summed E-state index contributed by atoms with van der Waals surface area (Å²) in [4.78, 5) is 4.20. The number of aromatic nitrogens is 5. The number of tetrazole rings is 1. The van der Waals surface area contributed by atoms with Gasteiger partial charge in [-0.05, 0) is 46.2 Å². The Bertz CT molecular complexity index is 1280. The van der Waals surface area contributed by atoms with Crippen molar-refractivity contribution in [1.29, 1.82) is 0 Å². The van der Waals surface area contributed by atoms with Crippen molar-refractivity contribution >= 4 is 17.1 Å². The van der Waals surface area contributed by atoms with Crippen molar-refractivity contribution in [2.75, 3.05) is 12.3 Å². The van der Waals surface area contributed by atoms with Crippen LogP contribution < -0.4 is 10.5 Å². The molecule has 0 fully saturated rings. The van der Waals surface area contributed by atoms with E-state index in [2.05, 4.69) is 25.2 Å². The van der Waals surface area contributed by atoms with Crippen molar-refractivity contribution in [2.45, 2.75) is 6.42 Å². The fourth-order valence-electron chi connectivity index (χ4n) is 3.13. The fraction of sp³-hybridized carbons (Fsp3) is 0.100. The lowest BCUT2D eigenvalue weighted by molar-refractivity contribution is 0.501. The highest BCUT2D eigenvalue weighted by atomic mass is 32.2. The Kier molecular flexibility index (Phi) is 6.25. The van der Waals surface area contributed by atoms with E-state index < -0.39 is 22.9 Å². The molecule has 0 spiro atoms. The zero-order valence-electron chi connectivity index (χ0n) is 16.4. The van der Waals surface area contributed by atoms with Gasteiger partial charge in [0.05, 0.1) is 5.56 Å². The van der Waals surface area contributed by atoms with Crippen molar-refractivity contribution in [1.82, 2.24) is 29.9 Å². The van der Waals surface area contributed by atoms with E-state index in [9.17, 15) is 17.5 Å². The normalized spacial score (nSPS) is 12.1.